The molecule has 0 unspecified atom stereocenters. The number of halogens is 2. The largest absolute Gasteiger partial charge is 0.318 e. The van der Waals surface area contributed by atoms with Crippen LogP contribution < -0.4 is 0 Å². The summed E-state index contributed by atoms with van der Waals surface area (Å²) in [6.45, 7) is 0.518. The van der Waals surface area contributed by atoms with E-state index in [2.05, 4.69) is 10.6 Å². The lowest BCUT2D eigenvalue weighted by Crippen LogP contribution is -2.04. The molecule has 2 heterocycles. The minimum absolute atomic E-state index is 0.459. The van der Waals surface area contributed by atoms with E-state index in [1.165, 1.54) is 0 Å². The van der Waals surface area contributed by atoms with Crippen molar-refractivity contribution in [3.8, 4) is 11.4 Å². The number of imidazole rings is 1. The second-order valence-electron chi connectivity index (χ2n) is 7.01. The summed E-state index contributed by atoms with van der Waals surface area (Å²) in [5.41, 5.74) is 4.98. The first kappa shape index (κ1) is 18.8. The summed E-state index contributed by atoms with van der Waals surface area (Å²) < 4.78 is 2.07. The summed E-state index contributed by atoms with van der Waals surface area (Å²) in [6.07, 6.45) is 0.825. The normalized spacial score (nSPS) is 11.3. The van der Waals surface area contributed by atoms with Crippen LogP contribution in [0.2, 0.25) is 10.0 Å². The number of fused-ring (bicyclic) bond motifs is 2. The van der Waals surface area contributed by atoms with E-state index in [9.17, 15) is 4.79 Å². The van der Waals surface area contributed by atoms with Gasteiger partial charge in [0.15, 0.2) is 0 Å². The standard InChI is InChI=1S/C24H15Cl2N3O/c25-19-11-22-23(12-20(19)26)29(24(28-22)17-7-5-15(14-30)6-8-17)13-18-10-9-16-3-1-2-4-21(16)27-18/h1-12,14H,13H2. The molecule has 0 saturated carbocycles. The Morgan fingerprint density at radius 1 is 0.833 bits per heavy atom. The Bertz CT molecular complexity index is 1410. The van der Waals surface area contributed by atoms with E-state index in [1.807, 2.05) is 48.5 Å². The van der Waals surface area contributed by atoms with Crippen LogP contribution in [0.3, 0.4) is 0 Å². The van der Waals surface area contributed by atoms with Crippen LogP contribution in [-0.4, -0.2) is 20.8 Å². The Morgan fingerprint density at radius 3 is 2.40 bits per heavy atom. The fourth-order valence-corrected chi connectivity index (χ4v) is 3.89. The number of benzene rings is 3. The van der Waals surface area contributed by atoms with Crippen molar-refractivity contribution in [1.29, 1.82) is 0 Å². The zero-order chi connectivity index (χ0) is 20.7. The van der Waals surface area contributed by atoms with E-state index in [4.69, 9.17) is 33.2 Å². The Labute approximate surface area is 182 Å². The van der Waals surface area contributed by atoms with E-state index in [0.717, 1.165) is 45.3 Å². The quantitative estimate of drug-likeness (QED) is 0.308. The maximum absolute atomic E-state index is 11.0. The van der Waals surface area contributed by atoms with Gasteiger partial charge in [-0.15, -0.1) is 0 Å². The number of rotatable bonds is 4. The lowest BCUT2D eigenvalue weighted by molar-refractivity contribution is 0.112. The van der Waals surface area contributed by atoms with Crippen molar-refractivity contribution < 1.29 is 4.79 Å². The van der Waals surface area contributed by atoms with Crippen LogP contribution in [0, 0.1) is 0 Å². The topological polar surface area (TPSA) is 47.8 Å². The van der Waals surface area contributed by atoms with Gasteiger partial charge in [0.1, 0.15) is 12.1 Å². The molecular formula is C24H15Cl2N3O. The average Bonchev–Trinajstić information content (AvgIpc) is 3.11. The SMILES string of the molecule is O=Cc1ccc(-c2nc3cc(Cl)c(Cl)cc3n2Cc2ccc3ccccc3n2)cc1. The van der Waals surface area contributed by atoms with Gasteiger partial charge >= 0.3 is 0 Å². The second kappa shape index (κ2) is 7.56. The van der Waals surface area contributed by atoms with Gasteiger partial charge in [0.2, 0.25) is 0 Å². The molecule has 5 rings (SSSR count). The van der Waals surface area contributed by atoms with E-state index in [1.54, 1.807) is 18.2 Å². The molecule has 0 fully saturated rings. The molecule has 0 bridgehead atoms. The molecule has 0 spiro atoms. The van der Waals surface area contributed by atoms with Gasteiger partial charge in [0.05, 0.1) is 38.8 Å². The first-order valence-corrected chi connectivity index (χ1v) is 10.1. The minimum atomic E-state index is 0.459. The number of pyridine rings is 1. The van der Waals surface area contributed by atoms with Crippen molar-refractivity contribution in [2.75, 3.05) is 0 Å². The highest BCUT2D eigenvalue weighted by Crippen LogP contribution is 2.32. The number of carbonyl (C=O) groups excluding carboxylic acids is 1. The van der Waals surface area contributed by atoms with Crippen LogP contribution in [0.5, 0.6) is 0 Å². The molecule has 0 N–H and O–H groups in total. The Hall–Kier alpha value is -3.21. The van der Waals surface area contributed by atoms with Crippen LogP contribution in [-0.2, 0) is 6.54 Å². The van der Waals surface area contributed by atoms with Gasteiger partial charge in [-0.3, -0.25) is 9.78 Å². The molecule has 146 valence electrons. The zero-order valence-corrected chi connectivity index (χ0v) is 17.2. The zero-order valence-electron chi connectivity index (χ0n) is 15.7. The molecule has 0 aliphatic heterocycles. The first-order chi connectivity index (χ1) is 14.6. The van der Waals surface area contributed by atoms with Gasteiger partial charge in [0.25, 0.3) is 0 Å². The van der Waals surface area contributed by atoms with E-state index < -0.39 is 0 Å². The summed E-state index contributed by atoms with van der Waals surface area (Å²) in [5.74, 6) is 0.760. The third-order valence-electron chi connectivity index (χ3n) is 5.07. The predicted octanol–water partition coefficient (Wildman–Crippen LogP) is 6.42. The Kier molecular flexibility index (Phi) is 4.74. The molecule has 5 aromatic rings. The smallest absolute Gasteiger partial charge is 0.150 e. The molecule has 0 atom stereocenters. The molecule has 0 amide bonds. The van der Waals surface area contributed by atoms with Crippen molar-refractivity contribution in [2.45, 2.75) is 6.54 Å². The van der Waals surface area contributed by atoms with Crippen molar-refractivity contribution >= 4 is 51.4 Å². The maximum atomic E-state index is 11.0. The van der Waals surface area contributed by atoms with Gasteiger partial charge in [-0.05, 0) is 24.3 Å². The fraction of sp³-hybridized carbons (Fsp3) is 0.0417. The second-order valence-corrected chi connectivity index (χ2v) is 7.83. The molecule has 0 aliphatic rings. The molecule has 30 heavy (non-hydrogen) atoms. The van der Waals surface area contributed by atoms with Gasteiger partial charge in [-0.25, -0.2) is 4.98 Å². The molecule has 0 radical (unpaired) electrons. The van der Waals surface area contributed by atoms with Crippen LogP contribution >= 0.6 is 23.2 Å². The molecule has 0 aliphatic carbocycles. The molecule has 4 nitrogen and oxygen atoms in total. The number of para-hydroxylation sites is 1. The summed E-state index contributed by atoms with van der Waals surface area (Å²) in [6, 6.07) is 23.0. The van der Waals surface area contributed by atoms with Gasteiger partial charge in [-0.1, -0.05) is 71.7 Å². The fourth-order valence-electron chi connectivity index (χ4n) is 3.57. The summed E-state index contributed by atoms with van der Waals surface area (Å²) in [7, 11) is 0. The van der Waals surface area contributed by atoms with Crippen molar-refractivity contribution in [3.05, 3.63) is 94.1 Å². The van der Waals surface area contributed by atoms with Gasteiger partial charge in [-0.2, -0.15) is 0 Å². The highest BCUT2D eigenvalue weighted by atomic mass is 35.5. The number of carbonyl (C=O) groups is 1. The molecule has 6 heteroatoms. The highest BCUT2D eigenvalue weighted by molar-refractivity contribution is 6.42. The van der Waals surface area contributed by atoms with E-state index in [0.29, 0.717) is 22.2 Å². The summed E-state index contributed by atoms with van der Waals surface area (Å²) in [5, 5.41) is 2.02. The van der Waals surface area contributed by atoms with E-state index in [-0.39, 0.29) is 0 Å². The number of hydrogen-bond acceptors (Lipinski definition) is 3. The Morgan fingerprint density at radius 2 is 1.60 bits per heavy atom. The number of aromatic nitrogens is 3. The van der Waals surface area contributed by atoms with E-state index >= 15 is 0 Å². The number of nitrogens with zero attached hydrogens (tertiary/aromatic N) is 3. The number of hydrogen-bond donors (Lipinski definition) is 0. The first-order valence-electron chi connectivity index (χ1n) is 9.38. The van der Waals surface area contributed by atoms with Crippen LogP contribution in [0.25, 0.3) is 33.3 Å². The molecule has 2 aromatic heterocycles. The molecule has 3 aromatic carbocycles. The lowest BCUT2D eigenvalue weighted by atomic mass is 10.1. The van der Waals surface area contributed by atoms with Crippen molar-refractivity contribution in [1.82, 2.24) is 14.5 Å². The number of aldehydes is 1. The third kappa shape index (κ3) is 3.34. The van der Waals surface area contributed by atoms with Crippen LogP contribution in [0.1, 0.15) is 16.1 Å². The van der Waals surface area contributed by atoms with Crippen molar-refractivity contribution in [3.63, 3.8) is 0 Å². The van der Waals surface area contributed by atoms with Crippen LogP contribution in [0.4, 0.5) is 0 Å². The average molecular weight is 432 g/mol. The van der Waals surface area contributed by atoms with Crippen LogP contribution in [0.15, 0.2) is 72.8 Å². The highest BCUT2D eigenvalue weighted by Gasteiger charge is 2.16. The van der Waals surface area contributed by atoms with Crippen molar-refractivity contribution in [2.24, 2.45) is 0 Å². The summed E-state index contributed by atoms with van der Waals surface area (Å²) in [4.78, 5) is 20.6. The van der Waals surface area contributed by atoms with Gasteiger partial charge < -0.3 is 4.57 Å². The predicted molar refractivity (Wildman–Crippen MR) is 121 cm³/mol. The monoisotopic (exact) mass is 431 g/mol. The third-order valence-corrected chi connectivity index (χ3v) is 5.79. The van der Waals surface area contributed by atoms with Gasteiger partial charge in [0, 0.05) is 16.5 Å². The Balaban J connectivity index is 1.68. The lowest BCUT2D eigenvalue weighted by Gasteiger charge is -2.10. The molecule has 0 saturated heterocycles. The summed E-state index contributed by atoms with van der Waals surface area (Å²) >= 11 is 12.5. The maximum Gasteiger partial charge on any atom is 0.150 e. The minimum Gasteiger partial charge on any atom is -0.318 e. The molecular weight excluding hydrogens is 417 g/mol.